The molecule has 0 fully saturated rings. The van der Waals surface area contributed by atoms with Gasteiger partial charge in [-0.15, -0.1) is 0 Å². The molecule has 0 aliphatic rings. The van der Waals surface area contributed by atoms with Crippen LogP contribution >= 0.6 is 0 Å². The number of ether oxygens (including phenoxy) is 1. The summed E-state index contributed by atoms with van der Waals surface area (Å²) < 4.78 is 34.4. The van der Waals surface area contributed by atoms with Crippen molar-refractivity contribution in [2.45, 2.75) is 71.0 Å². The third kappa shape index (κ3) is 7.88. The van der Waals surface area contributed by atoms with Crippen LogP contribution in [-0.4, -0.2) is 50.9 Å². The number of sulfonamides is 1. The zero-order valence-electron chi connectivity index (χ0n) is 24.8. The Bertz CT molecular complexity index is 1430. The Hall–Kier alpha value is -3.85. The molecular formula is C32H41N3O5S. The van der Waals surface area contributed by atoms with Gasteiger partial charge in [-0.2, -0.15) is 0 Å². The number of hydrogen-bond acceptors (Lipinski definition) is 5. The second-order valence-corrected chi connectivity index (χ2v) is 12.1. The van der Waals surface area contributed by atoms with Crippen LogP contribution in [0.3, 0.4) is 0 Å². The summed E-state index contributed by atoms with van der Waals surface area (Å²) in [7, 11) is -2.54. The standard InChI is InChI=1S/C32H41N3O5S/c1-7-25(5)33-32(37)29(8-2)34(21-26-16-18-27(40-6)19-17-26)31(36)22-35(30-20-23(3)14-15-24(30)4)41(38,39)28-12-10-9-11-13-28/h9-20,25,29H,7-8,21-22H2,1-6H3,(H,33,37)/t25-,29+/m0/s1. The second-order valence-electron chi connectivity index (χ2n) is 10.2. The number of nitrogens with one attached hydrogen (secondary N) is 1. The summed E-state index contributed by atoms with van der Waals surface area (Å²) in [6, 6.07) is 20.0. The van der Waals surface area contributed by atoms with Crippen molar-refractivity contribution in [3.8, 4) is 5.75 Å². The Balaban J connectivity index is 2.08. The number of nitrogens with zero attached hydrogens (tertiary/aromatic N) is 2. The Morgan fingerprint density at radius 3 is 2.17 bits per heavy atom. The Morgan fingerprint density at radius 1 is 0.927 bits per heavy atom. The topological polar surface area (TPSA) is 96.0 Å². The van der Waals surface area contributed by atoms with E-state index in [0.29, 0.717) is 23.4 Å². The molecule has 0 aliphatic heterocycles. The summed E-state index contributed by atoms with van der Waals surface area (Å²) in [6.45, 7) is 9.08. The highest BCUT2D eigenvalue weighted by atomic mass is 32.2. The van der Waals surface area contributed by atoms with Gasteiger partial charge in [-0.1, -0.05) is 56.3 Å². The molecule has 0 aliphatic carbocycles. The van der Waals surface area contributed by atoms with Gasteiger partial charge in [0.2, 0.25) is 11.8 Å². The van der Waals surface area contributed by atoms with Gasteiger partial charge in [0.1, 0.15) is 18.3 Å². The van der Waals surface area contributed by atoms with E-state index >= 15 is 0 Å². The van der Waals surface area contributed by atoms with Crippen LogP contribution in [0.5, 0.6) is 5.75 Å². The number of rotatable bonds is 13. The third-order valence-corrected chi connectivity index (χ3v) is 8.92. The van der Waals surface area contributed by atoms with E-state index in [-0.39, 0.29) is 23.4 Å². The van der Waals surface area contributed by atoms with Crippen LogP contribution in [0.25, 0.3) is 0 Å². The van der Waals surface area contributed by atoms with Crippen molar-refractivity contribution >= 4 is 27.5 Å². The summed E-state index contributed by atoms with van der Waals surface area (Å²) in [6.07, 6.45) is 1.10. The summed E-state index contributed by atoms with van der Waals surface area (Å²) in [4.78, 5) is 29.2. The molecule has 0 heterocycles. The predicted molar refractivity (Wildman–Crippen MR) is 162 cm³/mol. The highest BCUT2D eigenvalue weighted by molar-refractivity contribution is 7.92. The fourth-order valence-corrected chi connectivity index (χ4v) is 6.00. The summed E-state index contributed by atoms with van der Waals surface area (Å²) >= 11 is 0. The van der Waals surface area contributed by atoms with E-state index in [1.165, 1.54) is 17.0 Å². The maximum Gasteiger partial charge on any atom is 0.264 e. The maximum absolute atomic E-state index is 14.2. The molecule has 0 saturated carbocycles. The number of methoxy groups -OCH3 is 1. The minimum Gasteiger partial charge on any atom is -0.497 e. The molecule has 0 unspecified atom stereocenters. The monoisotopic (exact) mass is 579 g/mol. The minimum absolute atomic E-state index is 0.0700. The lowest BCUT2D eigenvalue weighted by Gasteiger charge is -2.34. The number of amides is 2. The molecule has 0 spiro atoms. The van der Waals surface area contributed by atoms with Gasteiger partial charge in [0, 0.05) is 12.6 Å². The highest BCUT2D eigenvalue weighted by Gasteiger charge is 2.34. The van der Waals surface area contributed by atoms with Gasteiger partial charge < -0.3 is 15.0 Å². The quantitative estimate of drug-likeness (QED) is 0.299. The summed E-state index contributed by atoms with van der Waals surface area (Å²) in [5.41, 5.74) is 2.79. The normalized spacial score (nSPS) is 12.7. The van der Waals surface area contributed by atoms with Gasteiger partial charge in [-0.3, -0.25) is 13.9 Å². The van der Waals surface area contributed by atoms with E-state index in [2.05, 4.69) is 5.32 Å². The molecule has 8 nitrogen and oxygen atoms in total. The second kappa shape index (κ2) is 14.2. The molecule has 0 saturated heterocycles. The van der Waals surface area contributed by atoms with Crippen LogP contribution in [0.15, 0.2) is 77.7 Å². The van der Waals surface area contributed by atoms with E-state index in [0.717, 1.165) is 21.9 Å². The van der Waals surface area contributed by atoms with Crippen LogP contribution in [0.1, 0.15) is 50.3 Å². The predicted octanol–water partition coefficient (Wildman–Crippen LogP) is 5.23. The van der Waals surface area contributed by atoms with Crippen molar-refractivity contribution in [3.63, 3.8) is 0 Å². The van der Waals surface area contributed by atoms with Crippen LogP contribution in [0.2, 0.25) is 0 Å². The molecule has 2 amide bonds. The molecule has 9 heteroatoms. The average Bonchev–Trinajstić information content (AvgIpc) is 2.97. The van der Waals surface area contributed by atoms with Crippen LogP contribution in [0, 0.1) is 13.8 Å². The zero-order chi connectivity index (χ0) is 30.2. The fraction of sp³-hybridized carbons (Fsp3) is 0.375. The zero-order valence-corrected chi connectivity index (χ0v) is 25.6. The molecular weight excluding hydrogens is 538 g/mol. The molecule has 220 valence electrons. The molecule has 3 aromatic carbocycles. The van der Waals surface area contributed by atoms with Crippen LogP contribution in [-0.2, 0) is 26.2 Å². The first-order valence-corrected chi connectivity index (χ1v) is 15.3. The van der Waals surface area contributed by atoms with E-state index in [9.17, 15) is 18.0 Å². The van der Waals surface area contributed by atoms with Gasteiger partial charge in [0.25, 0.3) is 10.0 Å². The van der Waals surface area contributed by atoms with E-state index in [1.54, 1.807) is 43.5 Å². The highest BCUT2D eigenvalue weighted by Crippen LogP contribution is 2.28. The molecule has 3 aromatic rings. The molecule has 41 heavy (non-hydrogen) atoms. The molecule has 3 rings (SSSR count). The van der Waals surface area contributed by atoms with Gasteiger partial charge in [-0.25, -0.2) is 8.42 Å². The summed E-state index contributed by atoms with van der Waals surface area (Å²) in [5.74, 6) is -0.0801. The van der Waals surface area contributed by atoms with E-state index in [1.807, 2.05) is 58.9 Å². The van der Waals surface area contributed by atoms with Gasteiger partial charge in [-0.05, 0) is 80.6 Å². The first-order valence-electron chi connectivity index (χ1n) is 13.9. The minimum atomic E-state index is -4.11. The van der Waals surface area contributed by atoms with Crippen LogP contribution < -0.4 is 14.4 Å². The Morgan fingerprint density at radius 2 is 1.59 bits per heavy atom. The largest absolute Gasteiger partial charge is 0.497 e. The van der Waals surface area contributed by atoms with E-state index in [4.69, 9.17) is 4.74 Å². The third-order valence-electron chi connectivity index (χ3n) is 7.14. The van der Waals surface area contributed by atoms with E-state index < -0.39 is 28.5 Å². The lowest BCUT2D eigenvalue weighted by Crippen LogP contribution is -2.53. The van der Waals surface area contributed by atoms with Crippen molar-refractivity contribution in [2.75, 3.05) is 18.0 Å². The maximum atomic E-state index is 14.2. The molecule has 0 radical (unpaired) electrons. The van der Waals surface area contributed by atoms with Gasteiger partial charge >= 0.3 is 0 Å². The number of carbonyl (C=O) groups excluding carboxylic acids is 2. The first-order chi connectivity index (χ1) is 19.5. The SMILES string of the molecule is CC[C@H](C(=O)N[C@@H](C)CC)N(Cc1ccc(OC)cc1)C(=O)CN(c1cc(C)ccc1C)S(=O)(=O)c1ccccc1. The van der Waals surface area contributed by atoms with Crippen molar-refractivity contribution in [3.05, 3.63) is 89.5 Å². The summed E-state index contributed by atoms with van der Waals surface area (Å²) in [5, 5.41) is 2.99. The fourth-order valence-electron chi connectivity index (χ4n) is 4.51. The number of benzene rings is 3. The van der Waals surface area contributed by atoms with Gasteiger partial charge in [0.15, 0.2) is 0 Å². The smallest absolute Gasteiger partial charge is 0.264 e. The molecule has 1 N–H and O–H groups in total. The molecule has 2 atom stereocenters. The Kier molecular flexibility index (Phi) is 10.9. The number of hydrogen-bond donors (Lipinski definition) is 1. The van der Waals surface area contributed by atoms with Crippen molar-refractivity contribution in [1.82, 2.24) is 10.2 Å². The number of anilines is 1. The molecule has 0 aromatic heterocycles. The van der Waals surface area contributed by atoms with Crippen molar-refractivity contribution in [2.24, 2.45) is 0 Å². The van der Waals surface area contributed by atoms with Crippen LogP contribution in [0.4, 0.5) is 5.69 Å². The Labute approximate surface area is 244 Å². The van der Waals surface area contributed by atoms with Gasteiger partial charge in [0.05, 0.1) is 17.7 Å². The first kappa shape index (κ1) is 31.7. The molecule has 0 bridgehead atoms. The number of carbonyl (C=O) groups is 2. The average molecular weight is 580 g/mol. The lowest BCUT2D eigenvalue weighted by molar-refractivity contribution is -0.140. The van der Waals surface area contributed by atoms with Crippen molar-refractivity contribution < 1.29 is 22.7 Å². The van der Waals surface area contributed by atoms with Crippen molar-refractivity contribution in [1.29, 1.82) is 0 Å². The number of aryl methyl sites for hydroxylation is 2. The lowest BCUT2D eigenvalue weighted by atomic mass is 10.1.